The van der Waals surface area contributed by atoms with Gasteiger partial charge in [0.25, 0.3) is 5.91 Å². The molecule has 0 saturated carbocycles. The lowest BCUT2D eigenvalue weighted by molar-refractivity contribution is 0.0955. The number of hydrazone groups is 1. The van der Waals surface area contributed by atoms with E-state index in [9.17, 15) is 4.79 Å². The second-order valence-corrected chi connectivity index (χ2v) is 6.97. The van der Waals surface area contributed by atoms with Gasteiger partial charge in [-0.2, -0.15) is 5.10 Å². The minimum Gasteiger partial charge on any atom is -0.489 e. The Morgan fingerprint density at radius 1 is 1.07 bits per heavy atom. The van der Waals surface area contributed by atoms with Crippen LogP contribution in [0.25, 0.3) is 0 Å². The van der Waals surface area contributed by atoms with Gasteiger partial charge < -0.3 is 4.74 Å². The van der Waals surface area contributed by atoms with Gasteiger partial charge in [0, 0.05) is 10.0 Å². The van der Waals surface area contributed by atoms with E-state index in [-0.39, 0.29) is 5.91 Å². The molecule has 27 heavy (non-hydrogen) atoms. The minimum absolute atomic E-state index is 0.232. The number of halogens is 1. The molecule has 0 aromatic heterocycles. The van der Waals surface area contributed by atoms with Gasteiger partial charge >= 0.3 is 0 Å². The molecule has 1 amide bonds. The zero-order chi connectivity index (χ0) is 19.1. The van der Waals surface area contributed by atoms with E-state index in [1.807, 2.05) is 73.7 Å². The van der Waals surface area contributed by atoms with E-state index in [1.54, 1.807) is 12.3 Å². The number of hydrogen-bond acceptors (Lipinski definition) is 3. The van der Waals surface area contributed by atoms with Crippen LogP contribution in [0, 0.1) is 6.92 Å². The molecule has 0 radical (unpaired) electrons. The summed E-state index contributed by atoms with van der Waals surface area (Å²) in [6, 6.07) is 22.9. The highest BCUT2D eigenvalue weighted by Crippen LogP contribution is 2.15. The first-order chi connectivity index (χ1) is 13.1. The molecule has 0 bridgehead atoms. The van der Waals surface area contributed by atoms with Gasteiger partial charge in [0.2, 0.25) is 0 Å². The molecule has 3 rings (SSSR count). The van der Waals surface area contributed by atoms with E-state index in [0.29, 0.717) is 12.2 Å². The number of hydrogen-bond donors (Lipinski definition) is 1. The third kappa shape index (κ3) is 5.79. The second-order valence-electron chi connectivity index (χ2n) is 6.05. The molecule has 4 nitrogen and oxygen atoms in total. The van der Waals surface area contributed by atoms with Crippen LogP contribution in [0.4, 0.5) is 0 Å². The molecule has 3 aromatic carbocycles. The summed E-state index contributed by atoms with van der Waals surface area (Å²) in [5.41, 5.74) is 6.13. The van der Waals surface area contributed by atoms with E-state index in [4.69, 9.17) is 4.74 Å². The van der Waals surface area contributed by atoms with Crippen molar-refractivity contribution in [2.24, 2.45) is 5.10 Å². The summed E-state index contributed by atoms with van der Waals surface area (Å²) in [5, 5.41) is 4.01. The molecular weight excluding hydrogens is 404 g/mol. The maximum absolute atomic E-state index is 12.0. The summed E-state index contributed by atoms with van der Waals surface area (Å²) in [7, 11) is 0. The van der Waals surface area contributed by atoms with Crippen LogP contribution in [0.2, 0.25) is 0 Å². The highest BCUT2D eigenvalue weighted by atomic mass is 79.9. The van der Waals surface area contributed by atoms with Crippen molar-refractivity contribution in [2.45, 2.75) is 13.5 Å². The minimum atomic E-state index is -0.232. The molecule has 3 aromatic rings. The average Bonchev–Trinajstić information content (AvgIpc) is 2.68. The normalized spacial score (nSPS) is 10.7. The predicted octanol–water partition coefficient (Wildman–Crippen LogP) is 5.10. The molecule has 0 aliphatic heterocycles. The molecule has 0 aliphatic rings. The van der Waals surface area contributed by atoms with Crippen LogP contribution in [-0.4, -0.2) is 12.1 Å². The van der Waals surface area contributed by atoms with Crippen LogP contribution in [0.3, 0.4) is 0 Å². The van der Waals surface area contributed by atoms with Gasteiger partial charge in [-0.25, -0.2) is 5.43 Å². The van der Waals surface area contributed by atoms with Gasteiger partial charge in [0.05, 0.1) is 6.21 Å². The molecule has 5 heteroatoms. The molecule has 0 spiro atoms. The van der Waals surface area contributed by atoms with E-state index in [1.165, 1.54) is 0 Å². The number of nitrogens with one attached hydrogen (secondary N) is 1. The van der Waals surface area contributed by atoms with Crippen LogP contribution < -0.4 is 10.2 Å². The van der Waals surface area contributed by atoms with Crippen molar-refractivity contribution in [1.29, 1.82) is 0 Å². The highest BCUT2D eigenvalue weighted by Gasteiger charge is 2.03. The Kier molecular flexibility index (Phi) is 6.39. The van der Waals surface area contributed by atoms with E-state index >= 15 is 0 Å². The van der Waals surface area contributed by atoms with Crippen molar-refractivity contribution in [3.63, 3.8) is 0 Å². The van der Waals surface area contributed by atoms with Crippen molar-refractivity contribution in [1.82, 2.24) is 5.43 Å². The van der Waals surface area contributed by atoms with Crippen LogP contribution in [0.1, 0.15) is 27.0 Å². The van der Waals surface area contributed by atoms with Gasteiger partial charge in [0.1, 0.15) is 12.4 Å². The fourth-order valence-corrected chi connectivity index (χ4v) is 2.68. The van der Waals surface area contributed by atoms with Crippen molar-refractivity contribution in [3.05, 3.63) is 99.5 Å². The Labute approximate surface area is 167 Å². The number of amides is 1. The molecule has 0 saturated heterocycles. The lowest BCUT2D eigenvalue weighted by Gasteiger charge is -2.06. The predicted molar refractivity (Wildman–Crippen MR) is 111 cm³/mol. The topological polar surface area (TPSA) is 50.7 Å². The summed E-state index contributed by atoms with van der Waals surface area (Å²) in [6.07, 6.45) is 1.60. The van der Waals surface area contributed by atoms with Crippen LogP contribution in [0.5, 0.6) is 5.75 Å². The van der Waals surface area contributed by atoms with Gasteiger partial charge in [-0.15, -0.1) is 0 Å². The number of carbonyl (C=O) groups is 1. The first-order valence-electron chi connectivity index (χ1n) is 8.47. The maximum Gasteiger partial charge on any atom is 0.271 e. The van der Waals surface area contributed by atoms with Crippen LogP contribution in [-0.2, 0) is 6.61 Å². The molecule has 0 aliphatic carbocycles. The monoisotopic (exact) mass is 422 g/mol. The Morgan fingerprint density at radius 3 is 2.52 bits per heavy atom. The zero-order valence-corrected chi connectivity index (χ0v) is 16.4. The van der Waals surface area contributed by atoms with Crippen LogP contribution >= 0.6 is 15.9 Å². The van der Waals surface area contributed by atoms with Gasteiger partial charge in [0.15, 0.2) is 0 Å². The number of rotatable bonds is 6. The van der Waals surface area contributed by atoms with E-state index in [2.05, 4.69) is 26.5 Å². The summed E-state index contributed by atoms with van der Waals surface area (Å²) < 4.78 is 6.81. The third-order valence-corrected chi connectivity index (χ3v) is 4.39. The van der Waals surface area contributed by atoms with Gasteiger partial charge in [-0.1, -0.05) is 45.8 Å². The number of benzene rings is 3. The number of aryl methyl sites for hydroxylation is 1. The smallest absolute Gasteiger partial charge is 0.271 e. The molecule has 0 unspecified atom stereocenters. The average molecular weight is 423 g/mol. The summed E-state index contributed by atoms with van der Waals surface area (Å²) in [4.78, 5) is 12.0. The lowest BCUT2D eigenvalue weighted by atomic mass is 10.1. The molecular formula is C22H19BrN2O2. The van der Waals surface area contributed by atoms with Crippen molar-refractivity contribution < 1.29 is 9.53 Å². The van der Waals surface area contributed by atoms with E-state index in [0.717, 1.165) is 26.9 Å². The van der Waals surface area contributed by atoms with Gasteiger partial charge in [-0.05, 0) is 66.6 Å². The molecule has 0 atom stereocenters. The zero-order valence-electron chi connectivity index (χ0n) is 14.9. The fourth-order valence-electron chi connectivity index (χ4n) is 2.41. The van der Waals surface area contributed by atoms with Crippen molar-refractivity contribution in [3.8, 4) is 5.75 Å². The quantitative estimate of drug-likeness (QED) is 0.443. The summed E-state index contributed by atoms with van der Waals surface area (Å²) in [6.45, 7) is 2.45. The summed E-state index contributed by atoms with van der Waals surface area (Å²) in [5.74, 6) is 0.545. The van der Waals surface area contributed by atoms with Crippen LogP contribution in [0.15, 0.2) is 82.4 Å². The SMILES string of the molecule is Cc1cccc(C(=O)N/N=C/c2ccc(OCc3ccc(Br)cc3)cc2)c1. The highest BCUT2D eigenvalue weighted by molar-refractivity contribution is 9.10. The third-order valence-electron chi connectivity index (χ3n) is 3.86. The Hall–Kier alpha value is -2.92. The van der Waals surface area contributed by atoms with Crippen molar-refractivity contribution >= 4 is 28.1 Å². The molecule has 0 heterocycles. The first kappa shape index (κ1) is 18.9. The Balaban J connectivity index is 1.51. The lowest BCUT2D eigenvalue weighted by Crippen LogP contribution is -2.17. The number of carbonyl (C=O) groups excluding carboxylic acids is 1. The summed E-state index contributed by atoms with van der Waals surface area (Å²) >= 11 is 3.42. The maximum atomic E-state index is 12.0. The number of nitrogens with zero attached hydrogens (tertiary/aromatic N) is 1. The molecule has 136 valence electrons. The standard InChI is InChI=1S/C22H19BrN2O2/c1-16-3-2-4-19(13-16)22(26)25-24-14-17-7-11-21(12-8-17)27-15-18-5-9-20(23)10-6-18/h2-14H,15H2,1H3,(H,25,26)/b24-14+. The van der Waals surface area contributed by atoms with E-state index < -0.39 is 0 Å². The molecule has 1 N–H and O–H groups in total. The fraction of sp³-hybridized carbons (Fsp3) is 0.0909. The van der Waals surface area contributed by atoms with Gasteiger partial charge in [-0.3, -0.25) is 4.79 Å². The first-order valence-corrected chi connectivity index (χ1v) is 9.27. The Bertz CT molecular complexity index is 935. The molecule has 0 fully saturated rings. The largest absolute Gasteiger partial charge is 0.489 e. The Morgan fingerprint density at radius 2 is 1.81 bits per heavy atom. The number of ether oxygens (including phenoxy) is 1. The van der Waals surface area contributed by atoms with Crippen molar-refractivity contribution in [2.75, 3.05) is 0 Å². The second kappa shape index (κ2) is 9.14.